The minimum Gasteiger partial charge on any atom is -0.350 e. The van der Waals surface area contributed by atoms with Crippen LogP contribution in [0.3, 0.4) is 0 Å². The molecule has 3 saturated heterocycles. The molecule has 3 aliphatic rings. The van der Waals surface area contributed by atoms with Crippen molar-refractivity contribution >= 4 is 11.6 Å². The largest absolute Gasteiger partial charge is 0.350 e. The third-order valence-electron chi connectivity index (χ3n) is 4.30. The number of hydrogen-bond donors (Lipinski definition) is 1. The molecule has 0 saturated carbocycles. The van der Waals surface area contributed by atoms with Gasteiger partial charge < -0.3 is 5.32 Å². The van der Waals surface area contributed by atoms with Crippen LogP contribution in [-0.2, 0) is 0 Å². The van der Waals surface area contributed by atoms with E-state index in [2.05, 4.69) is 15.1 Å². The maximum absolute atomic E-state index is 13.8. The summed E-state index contributed by atoms with van der Waals surface area (Å²) < 4.78 is 13.8. The zero-order valence-corrected chi connectivity index (χ0v) is 12.0. The molecule has 7 nitrogen and oxygen atoms in total. The van der Waals surface area contributed by atoms with Crippen molar-refractivity contribution in [2.45, 2.75) is 6.04 Å². The minimum atomic E-state index is -0.874. The third kappa shape index (κ3) is 2.93. The van der Waals surface area contributed by atoms with Gasteiger partial charge in [-0.05, 0) is 6.07 Å². The number of nitro benzene ring substituents is 1. The van der Waals surface area contributed by atoms with E-state index in [1.54, 1.807) is 0 Å². The number of carbonyl (C=O) groups excluding carboxylic acids is 1. The first kappa shape index (κ1) is 14.9. The van der Waals surface area contributed by atoms with Gasteiger partial charge in [-0.25, -0.2) is 4.39 Å². The Hall–Kier alpha value is -2.06. The van der Waals surface area contributed by atoms with Crippen LogP contribution < -0.4 is 5.32 Å². The van der Waals surface area contributed by atoms with Crippen LogP contribution in [0.5, 0.6) is 0 Å². The van der Waals surface area contributed by atoms with E-state index in [0.29, 0.717) is 6.54 Å². The Morgan fingerprint density at radius 2 is 2.09 bits per heavy atom. The maximum atomic E-state index is 13.8. The van der Waals surface area contributed by atoms with Crippen LogP contribution in [0.1, 0.15) is 10.4 Å². The molecule has 22 heavy (non-hydrogen) atoms. The lowest BCUT2D eigenvalue weighted by Crippen LogP contribution is -2.63. The van der Waals surface area contributed by atoms with Crippen LogP contribution in [0.4, 0.5) is 10.1 Å². The lowest BCUT2D eigenvalue weighted by atomic mass is 10.1. The molecule has 0 spiro atoms. The summed E-state index contributed by atoms with van der Waals surface area (Å²) in [5, 5.41) is 13.3. The zero-order valence-electron chi connectivity index (χ0n) is 12.0. The molecule has 2 bridgehead atoms. The lowest BCUT2D eigenvalue weighted by molar-refractivity contribution is -0.385. The molecular formula is C14H17FN4O3. The normalized spacial score (nSPS) is 26.7. The topological polar surface area (TPSA) is 78.7 Å². The molecule has 4 rings (SSSR count). The fourth-order valence-corrected chi connectivity index (χ4v) is 3.03. The summed E-state index contributed by atoms with van der Waals surface area (Å²) in [6, 6.07) is 3.30. The van der Waals surface area contributed by atoms with Crippen LogP contribution >= 0.6 is 0 Å². The van der Waals surface area contributed by atoms with E-state index < -0.39 is 16.6 Å². The Labute approximate surface area is 126 Å². The van der Waals surface area contributed by atoms with Gasteiger partial charge in [0.05, 0.1) is 16.6 Å². The van der Waals surface area contributed by atoms with Gasteiger partial charge in [0.25, 0.3) is 11.6 Å². The van der Waals surface area contributed by atoms with E-state index in [1.807, 2.05) is 0 Å². The van der Waals surface area contributed by atoms with Gasteiger partial charge in [0.1, 0.15) is 5.82 Å². The second-order valence-corrected chi connectivity index (χ2v) is 5.62. The second-order valence-electron chi connectivity index (χ2n) is 5.62. The van der Waals surface area contributed by atoms with Crippen molar-refractivity contribution in [2.24, 2.45) is 0 Å². The summed E-state index contributed by atoms with van der Waals surface area (Å²) in [5.74, 6) is -1.41. The SMILES string of the molecule is O=C(NCC1CN2CCN1CC2)c1ccc([N+](=O)[O-])cc1F. The summed E-state index contributed by atoms with van der Waals surface area (Å²) in [7, 11) is 0. The first-order chi connectivity index (χ1) is 10.5. The van der Waals surface area contributed by atoms with Crippen LogP contribution in [0.15, 0.2) is 18.2 Å². The molecule has 8 heteroatoms. The highest BCUT2D eigenvalue weighted by Gasteiger charge is 2.32. The van der Waals surface area contributed by atoms with Crippen LogP contribution in [0.25, 0.3) is 0 Å². The third-order valence-corrected chi connectivity index (χ3v) is 4.30. The Bertz CT molecular complexity index is 602. The summed E-state index contributed by atoms with van der Waals surface area (Å²) in [5.41, 5.74) is -0.528. The number of non-ortho nitro benzene ring substituents is 1. The Kier molecular flexibility index (Phi) is 4.04. The number of rotatable bonds is 4. The Balaban J connectivity index is 1.61. The summed E-state index contributed by atoms with van der Waals surface area (Å²) in [6.07, 6.45) is 0. The zero-order chi connectivity index (χ0) is 15.7. The second kappa shape index (κ2) is 5.98. The summed E-state index contributed by atoms with van der Waals surface area (Å²) in [6.45, 7) is 5.45. The Morgan fingerprint density at radius 3 is 2.64 bits per heavy atom. The van der Waals surface area contributed by atoms with Crippen molar-refractivity contribution in [3.63, 3.8) is 0 Å². The number of benzene rings is 1. The monoisotopic (exact) mass is 308 g/mol. The van der Waals surface area contributed by atoms with Crippen molar-refractivity contribution in [1.29, 1.82) is 0 Å². The van der Waals surface area contributed by atoms with E-state index in [9.17, 15) is 19.3 Å². The number of nitro groups is 1. The fourth-order valence-electron chi connectivity index (χ4n) is 3.03. The number of nitrogens with one attached hydrogen (secondary N) is 1. The van der Waals surface area contributed by atoms with Crippen LogP contribution in [-0.4, -0.2) is 65.9 Å². The van der Waals surface area contributed by atoms with Gasteiger partial charge in [-0.2, -0.15) is 0 Å². The highest BCUT2D eigenvalue weighted by Crippen LogP contribution is 2.17. The molecule has 3 fully saturated rings. The molecule has 1 unspecified atom stereocenters. The number of carbonyl (C=O) groups is 1. The van der Waals surface area contributed by atoms with E-state index in [0.717, 1.165) is 50.9 Å². The molecule has 1 amide bonds. The molecule has 0 aliphatic carbocycles. The smallest absolute Gasteiger partial charge is 0.272 e. The van der Waals surface area contributed by atoms with Crippen LogP contribution in [0.2, 0.25) is 0 Å². The number of amides is 1. The van der Waals surface area contributed by atoms with E-state index >= 15 is 0 Å². The molecule has 1 aromatic rings. The van der Waals surface area contributed by atoms with E-state index in [4.69, 9.17) is 0 Å². The van der Waals surface area contributed by atoms with E-state index in [-0.39, 0.29) is 17.3 Å². The molecule has 1 N–H and O–H groups in total. The molecule has 118 valence electrons. The van der Waals surface area contributed by atoms with Gasteiger partial charge in [0.15, 0.2) is 0 Å². The van der Waals surface area contributed by atoms with Gasteiger partial charge in [-0.15, -0.1) is 0 Å². The quantitative estimate of drug-likeness (QED) is 0.646. The van der Waals surface area contributed by atoms with Crippen molar-refractivity contribution in [3.8, 4) is 0 Å². The molecule has 3 aliphatic heterocycles. The van der Waals surface area contributed by atoms with Crippen molar-refractivity contribution in [1.82, 2.24) is 15.1 Å². The summed E-state index contributed by atoms with van der Waals surface area (Å²) in [4.78, 5) is 26.6. The van der Waals surface area contributed by atoms with Crippen molar-refractivity contribution in [3.05, 3.63) is 39.7 Å². The predicted molar refractivity (Wildman–Crippen MR) is 77.2 cm³/mol. The lowest BCUT2D eigenvalue weighted by Gasteiger charge is -2.47. The summed E-state index contributed by atoms with van der Waals surface area (Å²) >= 11 is 0. The number of halogens is 1. The van der Waals surface area contributed by atoms with E-state index in [1.165, 1.54) is 0 Å². The highest BCUT2D eigenvalue weighted by molar-refractivity contribution is 5.94. The molecule has 0 aromatic heterocycles. The fraction of sp³-hybridized carbons (Fsp3) is 0.500. The number of piperazine rings is 3. The molecular weight excluding hydrogens is 291 g/mol. The van der Waals surface area contributed by atoms with Crippen LogP contribution in [0, 0.1) is 15.9 Å². The number of nitrogens with zero attached hydrogens (tertiary/aromatic N) is 3. The number of hydrogen-bond acceptors (Lipinski definition) is 5. The molecule has 1 aromatic carbocycles. The average molecular weight is 308 g/mol. The van der Waals surface area contributed by atoms with Crippen molar-refractivity contribution < 1.29 is 14.1 Å². The molecule has 3 heterocycles. The van der Waals surface area contributed by atoms with Gasteiger partial charge in [0.2, 0.25) is 0 Å². The highest BCUT2D eigenvalue weighted by atomic mass is 19.1. The predicted octanol–water partition coefficient (Wildman–Crippen LogP) is 0.464. The Morgan fingerprint density at radius 1 is 1.36 bits per heavy atom. The van der Waals surface area contributed by atoms with Gasteiger partial charge in [0, 0.05) is 51.4 Å². The maximum Gasteiger partial charge on any atom is 0.272 e. The molecule has 1 atom stereocenters. The standard InChI is InChI=1S/C14H17FN4O3/c15-13-7-10(19(21)22)1-2-12(13)14(20)16-8-11-9-17-3-5-18(11)6-4-17/h1-2,7,11H,3-6,8-9H2,(H,16,20). The minimum absolute atomic E-state index is 0.165. The van der Waals surface area contributed by atoms with Crippen molar-refractivity contribution in [2.75, 3.05) is 39.3 Å². The first-order valence-electron chi connectivity index (χ1n) is 7.23. The molecule has 0 radical (unpaired) electrons. The number of fused-ring (bicyclic) bond motifs is 3. The average Bonchev–Trinajstić information content (AvgIpc) is 2.53. The van der Waals surface area contributed by atoms with Gasteiger partial charge in [-0.3, -0.25) is 24.7 Å². The van der Waals surface area contributed by atoms with Gasteiger partial charge in [-0.1, -0.05) is 0 Å². The van der Waals surface area contributed by atoms with Gasteiger partial charge >= 0.3 is 0 Å². The first-order valence-corrected chi connectivity index (χ1v) is 7.23.